The Labute approximate surface area is 116 Å². The van der Waals surface area contributed by atoms with Gasteiger partial charge in [-0.25, -0.2) is 13.1 Å². The smallest absolute Gasteiger partial charge is 0.250 e. The summed E-state index contributed by atoms with van der Waals surface area (Å²) in [5.74, 6) is 0. The second-order valence-electron chi connectivity index (χ2n) is 4.94. The molecule has 1 aliphatic carbocycles. The van der Waals surface area contributed by atoms with Gasteiger partial charge in [0.25, 0.3) is 0 Å². The third-order valence-electron chi connectivity index (χ3n) is 3.55. The fraction of sp³-hybridized carbons (Fsp3) is 0.636. The van der Waals surface area contributed by atoms with Crippen LogP contribution in [0.2, 0.25) is 4.34 Å². The number of halogens is 1. The first-order chi connectivity index (χ1) is 8.37. The minimum absolute atomic E-state index is 0.00855. The van der Waals surface area contributed by atoms with Crippen LogP contribution in [0, 0.1) is 5.41 Å². The average Bonchev–Trinajstić information content (AvgIpc) is 2.87. The maximum Gasteiger partial charge on any atom is 0.250 e. The molecule has 1 saturated carbocycles. The molecule has 4 nitrogen and oxygen atoms in total. The van der Waals surface area contributed by atoms with Gasteiger partial charge < -0.3 is 5.11 Å². The fourth-order valence-corrected chi connectivity index (χ4v) is 5.22. The Morgan fingerprint density at radius 3 is 2.89 bits per heavy atom. The van der Waals surface area contributed by atoms with Crippen molar-refractivity contribution in [3.05, 3.63) is 16.5 Å². The van der Waals surface area contributed by atoms with E-state index >= 15 is 0 Å². The second-order valence-corrected chi connectivity index (χ2v) is 8.59. The van der Waals surface area contributed by atoms with Crippen LogP contribution in [0.15, 0.2) is 16.3 Å². The van der Waals surface area contributed by atoms with Gasteiger partial charge in [-0.05, 0) is 25.0 Å². The first kappa shape index (κ1) is 14.3. The second kappa shape index (κ2) is 5.09. The van der Waals surface area contributed by atoms with Gasteiger partial charge in [0.05, 0.1) is 4.34 Å². The largest absolute Gasteiger partial charge is 0.396 e. The lowest BCUT2D eigenvalue weighted by Gasteiger charge is -2.29. The zero-order chi connectivity index (χ0) is 13.4. The number of hydrogen-bond acceptors (Lipinski definition) is 4. The van der Waals surface area contributed by atoms with Crippen LogP contribution in [-0.2, 0) is 10.0 Å². The van der Waals surface area contributed by atoms with E-state index in [4.69, 9.17) is 11.6 Å². The van der Waals surface area contributed by atoms with Crippen molar-refractivity contribution in [2.75, 3.05) is 6.61 Å². The molecule has 2 atom stereocenters. The highest BCUT2D eigenvalue weighted by Gasteiger charge is 2.40. The molecule has 18 heavy (non-hydrogen) atoms. The molecule has 1 aliphatic rings. The molecule has 0 aliphatic heterocycles. The molecule has 1 heterocycles. The molecular weight excluding hydrogens is 294 g/mol. The number of rotatable bonds is 4. The Morgan fingerprint density at radius 1 is 1.61 bits per heavy atom. The summed E-state index contributed by atoms with van der Waals surface area (Å²) >= 11 is 6.79. The van der Waals surface area contributed by atoms with Crippen molar-refractivity contribution in [3.63, 3.8) is 0 Å². The summed E-state index contributed by atoms with van der Waals surface area (Å²) in [5, 5.41) is 9.41. The van der Waals surface area contributed by atoms with Crippen LogP contribution in [0.1, 0.15) is 26.2 Å². The molecule has 2 N–H and O–H groups in total. The van der Waals surface area contributed by atoms with Crippen LogP contribution in [-0.4, -0.2) is 26.2 Å². The molecule has 2 unspecified atom stereocenters. The van der Waals surface area contributed by atoms with E-state index in [0.29, 0.717) is 4.34 Å². The molecule has 0 aromatic carbocycles. The maximum atomic E-state index is 12.2. The van der Waals surface area contributed by atoms with Crippen LogP contribution in [0.5, 0.6) is 0 Å². The van der Waals surface area contributed by atoms with E-state index < -0.39 is 10.0 Å². The summed E-state index contributed by atoms with van der Waals surface area (Å²) < 4.78 is 27.7. The van der Waals surface area contributed by atoms with Crippen LogP contribution in [0.3, 0.4) is 0 Å². The normalized spacial score (nSPS) is 28.7. The number of hydrogen-bond donors (Lipinski definition) is 2. The monoisotopic (exact) mass is 309 g/mol. The summed E-state index contributed by atoms with van der Waals surface area (Å²) in [6.45, 7) is 1.90. The third-order valence-corrected chi connectivity index (χ3v) is 6.75. The van der Waals surface area contributed by atoms with Crippen LogP contribution in [0.25, 0.3) is 0 Å². The van der Waals surface area contributed by atoms with E-state index in [2.05, 4.69) is 4.72 Å². The zero-order valence-electron chi connectivity index (χ0n) is 10.0. The Kier molecular flexibility index (Phi) is 4.04. The predicted octanol–water partition coefficient (Wildman–Crippen LogP) is 2.23. The minimum atomic E-state index is -3.53. The Morgan fingerprint density at radius 2 is 2.33 bits per heavy atom. The molecule has 0 bridgehead atoms. The van der Waals surface area contributed by atoms with E-state index in [1.54, 1.807) is 6.07 Å². The van der Waals surface area contributed by atoms with E-state index in [9.17, 15) is 13.5 Å². The van der Waals surface area contributed by atoms with Gasteiger partial charge in [0.1, 0.15) is 4.21 Å². The van der Waals surface area contributed by atoms with Crippen molar-refractivity contribution in [1.29, 1.82) is 0 Å². The van der Waals surface area contributed by atoms with Gasteiger partial charge in [0, 0.05) is 18.1 Å². The average molecular weight is 310 g/mol. The molecule has 0 spiro atoms. The number of aliphatic hydroxyl groups is 1. The molecule has 1 aromatic heterocycles. The molecule has 7 heteroatoms. The topological polar surface area (TPSA) is 66.4 Å². The zero-order valence-corrected chi connectivity index (χ0v) is 12.4. The van der Waals surface area contributed by atoms with E-state index in [0.717, 1.165) is 30.6 Å². The minimum Gasteiger partial charge on any atom is -0.396 e. The predicted molar refractivity (Wildman–Crippen MR) is 72.5 cm³/mol. The van der Waals surface area contributed by atoms with Gasteiger partial charge in [-0.1, -0.05) is 24.9 Å². The van der Waals surface area contributed by atoms with Gasteiger partial charge in [-0.15, -0.1) is 11.3 Å². The number of thiophene rings is 1. The Hall–Kier alpha value is -0.140. The number of aliphatic hydroxyl groups excluding tert-OH is 1. The van der Waals surface area contributed by atoms with Gasteiger partial charge >= 0.3 is 0 Å². The third kappa shape index (κ3) is 2.72. The molecule has 0 radical (unpaired) electrons. The van der Waals surface area contributed by atoms with Gasteiger partial charge in [-0.3, -0.25) is 0 Å². The van der Waals surface area contributed by atoms with Crippen molar-refractivity contribution in [3.8, 4) is 0 Å². The highest BCUT2D eigenvalue weighted by atomic mass is 35.5. The lowest BCUT2D eigenvalue weighted by molar-refractivity contribution is 0.127. The SMILES string of the molecule is CC1(CO)CCCC1NS(=O)(=O)c1ccc(Cl)s1. The summed E-state index contributed by atoms with van der Waals surface area (Å²) in [7, 11) is -3.53. The molecule has 0 saturated heterocycles. The molecule has 0 amide bonds. The van der Waals surface area contributed by atoms with Crippen molar-refractivity contribution >= 4 is 33.0 Å². The van der Waals surface area contributed by atoms with Gasteiger partial charge in [-0.2, -0.15) is 0 Å². The van der Waals surface area contributed by atoms with Crippen LogP contribution < -0.4 is 4.72 Å². The standard InChI is InChI=1S/C11H16ClNO3S2/c1-11(7-14)6-2-3-8(11)13-18(15,16)10-5-4-9(12)17-10/h4-5,8,13-14H,2-3,6-7H2,1H3. The van der Waals surface area contributed by atoms with Crippen molar-refractivity contribution in [1.82, 2.24) is 4.72 Å². The maximum absolute atomic E-state index is 12.2. The van der Waals surface area contributed by atoms with Gasteiger partial charge in [0.2, 0.25) is 10.0 Å². The number of nitrogens with one attached hydrogen (secondary N) is 1. The number of sulfonamides is 1. The quantitative estimate of drug-likeness (QED) is 0.896. The Bertz CT molecular complexity index is 528. The highest BCUT2D eigenvalue weighted by molar-refractivity contribution is 7.91. The van der Waals surface area contributed by atoms with Crippen LogP contribution in [0.4, 0.5) is 0 Å². The fourth-order valence-electron chi connectivity index (χ4n) is 2.31. The summed E-state index contributed by atoms with van der Waals surface area (Å²) in [4.78, 5) is 0. The Balaban J connectivity index is 2.19. The molecule has 2 rings (SSSR count). The summed E-state index contributed by atoms with van der Waals surface area (Å²) in [6, 6.07) is 2.86. The van der Waals surface area contributed by atoms with E-state index in [1.807, 2.05) is 6.92 Å². The lowest BCUT2D eigenvalue weighted by atomic mass is 9.86. The first-order valence-corrected chi connectivity index (χ1v) is 8.44. The lowest BCUT2D eigenvalue weighted by Crippen LogP contribution is -2.44. The van der Waals surface area contributed by atoms with Crippen molar-refractivity contribution in [2.45, 2.75) is 36.4 Å². The molecule has 1 fully saturated rings. The molecular formula is C11H16ClNO3S2. The van der Waals surface area contributed by atoms with Crippen LogP contribution >= 0.6 is 22.9 Å². The van der Waals surface area contributed by atoms with Crippen molar-refractivity contribution < 1.29 is 13.5 Å². The first-order valence-electron chi connectivity index (χ1n) is 5.76. The van der Waals surface area contributed by atoms with E-state index in [1.165, 1.54) is 6.07 Å². The highest BCUT2D eigenvalue weighted by Crippen LogP contribution is 2.38. The van der Waals surface area contributed by atoms with Crippen molar-refractivity contribution in [2.24, 2.45) is 5.41 Å². The van der Waals surface area contributed by atoms with Gasteiger partial charge in [0.15, 0.2) is 0 Å². The molecule has 102 valence electrons. The van der Waals surface area contributed by atoms with E-state index in [-0.39, 0.29) is 22.3 Å². The summed E-state index contributed by atoms with van der Waals surface area (Å²) in [6.07, 6.45) is 2.52. The summed E-state index contributed by atoms with van der Waals surface area (Å²) in [5.41, 5.74) is -0.367. The molecule has 1 aromatic rings.